The zero-order valence-electron chi connectivity index (χ0n) is 18.9. The molecule has 0 atom stereocenters. The van der Waals surface area contributed by atoms with Crippen molar-refractivity contribution in [2.24, 2.45) is 5.92 Å². The van der Waals surface area contributed by atoms with Crippen LogP contribution in [0.2, 0.25) is 15.1 Å². The topological polar surface area (TPSA) is 45.5 Å². The van der Waals surface area contributed by atoms with Crippen LogP contribution in [0.1, 0.15) is 24.0 Å². The first-order valence-electron chi connectivity index (χ1n) is 11.5. The van der Waals surface area contributed by atoms with Gasteiger partial charge in [0.1, 0.15) is 5.82 Å². The largest absolute Gasteiger partial charge is 0.370 e. The first-order valence-corrected chi connectivity index (χ1v) is 12.6. The Labute approximate surface area is 214 Å². The third kappa shape index (κ3) is 5.03. The lowest BCUT2D eigenvalue weighted by Gasteiger charge is -2.32. The van der Waals surface area contributed by atoms with Gasteiger partial charge in [-0.3, -0.25) is 4.90 Å². The van der Waals surface area contributed by atoms with Crippen molar-refractivity contribution in [3.8, 4) is 11.3 Å². The molecule has 34 heavy (non-hydrogen) atoms. The third-order valence-corrected chi connectivity index (χ3v) is 7.54. The van der Waals surface area contributed by atoms with Crippen LogP contribution in [-0.2, 0) is 6.54 Å². The van der Waals surface area contributed by atoms with E-state index in [-0.39, 0.29) is 0 Å². The highest BCUT2D eigenvalue weighted by atomic mass is 35.5. The van der Waals surface area contributed by atoms with Crippen molar-refractivity contribution < 1.29 is 0 Å². The van der Waals surface area contributed by atoms with Gasteiger partial charge in [-0.15, -0.1) is 0 Å². The van der Waals surface area contributed by atoms with Crippen LogP contribution in [0.15, 0.2) is 54.7 Å². The predicted octanol–water partition coefficient (Wildman–Crippen LogP) is 6.99. The second kappa shape index (κ2) is 10.1. The van der Waals surface area contributed by atoms with Crippen molar-refractivity contribution in [1.29, 1.82) is 0 Å². The zero-order valence-corrected chi connectivity index (χ0v) is 21.2. The fourth-order valence-corrected chi connectivity index (χ4v) is 5.05. The molecule has 5 nitrogen and oxygen atoms in total. The number of nitrogens with zero attached hydrogens (tertiary/aromatic N) is 4. The number of anilines is 1. The minimum absolute atomic E-state index is 0.591. The smallest absolute Gasteiger partial charge is 0.160 e. The van der Waals surface area contributed by atoms with Gasteiger partial charge in [0.15, 0.2) is 5.65 Å². The molecule has 0 amide bonds. The standard InChI is InChI=1S/C26H26Cl3N5/c1-17-14-31-34-25(13-24(32-26(17)34)20-4-2-3-5-21(20)27)30-15-18-8-10-33(11-9-18)16-19-6-7-22(28)23(29)12-19/h2-7,12-14,18,30H,8-11,15-16H2,1H3. The summed E-state index contributed by atoms with van der Waals surface area (Å²) in [5.41, 5.74) is 4.85. The maximum Gasteiger partial charge on any atom is 0.160 e. The Hall–Kier alpha value is -2.31. The molecule has 176 valence electrons. The van der Waals surface area contributed by atoms with Gasteiger partial charge in [0.05, 0.1) is 21.9 Å². The van der Waals surface area contributed by atoms with Crippen LogP contribution in [0.4, 0.5) is 5.82 Å². The Kier molecular flexibility index (Phi) is 6.98. The fourth-order valence-electron chi connectivity index (χ4n) is 4.50. The van der Waals surface area contributed by atoms with E-state index in [2.05, 4.69) is 21.4 Å². The number of aryl methyl sites for hydroxylation is 1. The number of piperidine rings is 1. The molecule has 1 saturated heterocycles. The van der Waals surface area contributed by atoms with Gasteiger partial charge in [-0.1, -0.05) is 59.1 Å². The van der Waals surface area contributed by atoms with Gasteiger partial charge >= 0.3 is 0 Å². The van der Waals surface area contributed by atoms with E-state index >= 15 is 0 Å². The van der Waals surface area contributed by atoms with E-state index in [1.807, 2.05) is 60.1 Å². The molecule has 0 unspecified atom stereocenters. The molecule has 1 N–H and O–H groups in total. The third-order valence-electron chi connectivity index (χ3n) is 6.47. The zero-order chi connectivity index (χ0) is 23.7. The minimum Gasteiger partial charge on any atom is -0.370 e. The number of likely N-dealkylation sites (tertiary alicyclic amines) is 1. The molecule has 1 aliphatic heterocycles. The van der Waals surface area contributed by atoms with Gasteiger partial charge in [-0.05, 0) is 62.5 Å². The molecule has 1 fully saturated rings. The van der Waals surface area contributed by atoms with E-state index in [9.17, 15) is 0 Å². The maximum absolute atomic E-state index is 6.46. The fraction of sp³-hybridized carbons (Fsp3) is 0.308. The van der Waals surface area contributed by atoms with E-state index < -0.39 is 0 Å². The van der Waals surface area contributed by atoms with Gasteiger partial charge < -0.3 is 5.32 Å². The number of fused-ring (bicyclic) bond motifs is 1. The number of nitrogens with one attached hydrogen (secondary N) is 1. The van der Waals surface area contributed by atoms with Crippen molar-refractivity contribution in [3.63, 3.8) is 0 Å². The van der Waals surface area contributed by atoms with Crippen molar-refractivity contribution in [3.05, 3.63) is 80.9 Å². The van der Waals surface area contributed by atoms with Gasteiger partial charge in [0.25, 0.3) is 0 Å². The highest BCUT2D eigenvalue weighted by Gasteiger charge is 2.20. The van der Waals surface area contributed by atoms with Gasteiger partial charge in [0, 0.05) is 35.3 Å². The Morgan fingerprint density at radius 1 is 0.971 bits per heavy atom. The Morgan fingerprint density at radius 2 is 1.76 bits per heavy atom. The number of rotatable bonds is 6. The van der Waals surface area contributed by atoms with Gasteiger partial charge in [-0.2, -0.15) is 9.61 Å². The number of aromatic nitrogens is 3. The lowest BCUT2D eigenvalue weighted by Crippen LogP contribution is -2.35. The highest BCUT2D eigenvalue weighted by molar-refractivity contribution is 6.42. The van der Waals surface area contributed by atoms with E-state index in [1.54, 1.807) is 0 Å². The molecular weight excluding hydrogens is 489 g/mol. The Morgan fingerprint density at radius 3 is 2.53 bits per heavy atom. The number of halogens is 3. The molecule has 3 heterocycles. The predicted molar refractivity (Wildman–Crippen MR) is 141 cm³/mol. The summed E-state index contributed by atoms with van der Waals surface area (Å²) in [6.45, 7) is 5.93. The van der Waals surface area contributed by atoms with E-state index in [0.29, 0.717) is 21.0 Å². The summed E-state index contributed by atoms with van der Waals surface area (Å²) in [4.78, 5) is 7.31. The lowest BCUT2D eigenvalue weighted by atomic mass is 9.96. The van der Waals surface area contributed by atoms with Gasteiger partial charge in [0.2, 0.25) is 0 Å². The average molecular weight is 515 g/mol. The van der Waals surface area contributed by atoms with Crippen molar-refractivity contribution >= 4 is 46.3 Å². The summed E-state index contributed by atoms with van der Waals surface area (Å²) in [5.74, 6) is 1.53. The Balaban J connectivity index is 1.26. The minimum atomic E-state index is 0.591. The second-order valence-electron chi connectivity index (χ2n) is 8.92. The molecule has 1 aliphatic rings. The van der Waals surface area contributed by atoms with Crippen molar-refractivity contribution in [1.82, 2.24) is 19.5 Å². The molecule has 2 aromatic carbocycles. The summed E-state index contributed by atoms with van der Waals surface area (Å²) in [6, 6.07) is 15.7. The first-order chi connectivity index (χ1) is 16.5. The summed E-state index contributed by atoms with van der Waals surface area (Å²) < 4.78 is 1.88. The summed E-state index contributed by atoms with van der Waals surface area (Å²) >= 11 is 18.7. The average Bonchev–Trinajstić information content (AvgIpc) is 3.22. The quantitative estimate of drug-likeness (QED) is 0.301. The highest BCUT2D eigenvalue weighted by Crippen LogP contribution is 2.30. The summed E-state index contributed by atoms with van der Waals surface area (Å²) in [7, 11) is 0. The molecule has 0 saturated carbocycles. The summed E-state index contributed by atoms with van der Waals surface area (Å²) in [5, 5.41) is 10.1. The molecule has 8 heteroatoms. The normalized spacial score (nSPS) is 15.2. The molecule has 0 spiro atoms. The molecule has 4 aromatic rings. The van der Waals surface area contributed by atoms with E-state index in [0.717, 1.165) is 67.3 Å². The second-order valence-corrected chi connectivity index (χ2v) is 10.1. The lowest BCUT2D eigenvalue weighted by molar-refractivity contribution is 0.182. The molecular formula is C26H26Cl3N5. The van der Waals surface area contributed by atoms with Crippen LogP contribution in [-0.4, -0.2) is 39.1 Å². The van der Waals surface area contributed by atoms with E-state index in [4.69, 9.17) is 39.8 Å². The molecule has 0 aliphatic carbocycles. The molecule has 2 aromatic heterocycles. The molecule has 0 radical (unpaired) electrons. The summed E-state index contributed by atoms with van der Waals surface area (Å²) in [6.07, 6.45) is 4.13. The van der Waals surface area contributed by atoms with E-state index in [1.165, 1.54) is 5.56 Å². The van der Waals surface area contributed by atoms with Crippen LogP contribution in [0.5, 0.6) is 0 Å². The van der Waals surface area contributed by atoms with Crippen LogP contribution < -0.4 is 5.32 Å². The first kappa shape index (κ1) is 23.4. The van der Waals surface area contributed by atoms with Crippen LogP contribution in [0, 0.1) is 12.8 Å². The SMILES string of the molecule is Cc1cnn2c(NCC3CCN(Cc4ccc(Cl)c(Cl)c4)CC3)cc(-c3ccccc3Cl)nc12. The maximum atomic E-state index is 6.46. The van der Waals surface area contributed by atoms with Crippen molar-refractivity contribution in [2.45, 2.75) is 26.3 Å². The number of hydrogen-bond acceptors (Lipinski definition) is 4. The Bertz CT molecular complexity index is 1310. The van der Waals surface area contributed by atoms with Crippen LogP contribution >= 0.6 is 34.8 Å². The number of benzene rings is 2. The molecule has 5 rings (SSSR count). The van der Waals surface area contributed by atoms with Crippen molar-refractivity contribution in [2.75, 3.05) is 25.0 Å². The van der Waals surface area contributed by atoms with Crippen LogP contribution in [0.25, 0.3) is 16.9 Å². The number of hydrogen-bond donors (Lipinski definition) is 1. The molecule has 0 bridgehead atoms. The van der Waals surface area contributed by atoms with Crippen LogP contribution in [0.3, 0.4) is 0 Å². The monoisotopic (exact) mass is 513 g/mol. The van der Waals surface area contributed by atoms with Gasteiger partial charge in [-0.25, -0.2) is 4.98 Å².